The molecule has 10 nitrogen and oxygen atoms in total. The number of pyridine rings is 1. The number of rotatable bonds is 11. The molecule has 0 fully saturated rings. The van der Waals surface area contributed by atoms with Gasteiger partial charge in [-0.2, -0.15) is 0 Å². The Kier molecular flexibility index (Phi) is 8.47. The predicted octanol–water partition coefficient (Wildman–Crippen LogP) is 4.26. The largest absolute Gasteiger partial charge is 0.493 e. The molecular weight excluding hydrogens is 456 g/mol. The number of methoxy groups -OCH3 is 3. The standard InChI is InChI=1S/C25H26N2O8/c1-15(14-31-2)34-19-9-17(24(28)27-23-8-5-16(13-26-23)25(29)30)10-20(11-19)35-18-6-7-21(32-3)22(12-18)33-4/h5-13,15H,14H2,1-4H3,(H,29,30)(H,26,27,28). The molecule has 0 radical (unpaired) electrons. The van der Waals surface area contributed by atoms with Crippen LogP contribution in [0.3, 0.4) is 0 Å². The number of amides is 1. The Balaban J connectivity index is 1.89. The number of aromatic carboxylic acids is 1. The van der Waals surface area contributed by atoms with E-state index in [9.17, 15) is 9.59 Å². The van der Waals surface area contributed by atoms with E-state index in [0.29, 0.717) is 35.4 Å². The second-order valence-corrected chi connectivity index (χ2v) is 7.39. The summed E-state index contributed by atoms with van der Waals surface area (Å²) in [5.41, 5.74) is 0.253. The topological polar surface area (TPSA) is 125 Å². The van der Waals surface area contributed by atoms with Crippen molar-refractivity contribution in [3.05, 3.63) is 65.9 Å². The monoisotopic (exact) mass is 482 g/mol. The van der Waals surface area contributed by atoms with Crippen molar-refractivity contribution in [1.82, 2.24) is 4.98 Å². The van der Waals surface area contributed by atoms with Crippen molar-refractivity contribution in [2.24, 2.45) is 0 Å². The fourth-order valence-corrected chi connectivity index (χ4v) is 3.13. The highest BCUT2D eigenvalue weighted by atomic mass is 16.5. The highest BCUT2D eigenvalue weighted by molar-refractivity contribution is 6.04. The number of anilines is 1. The van der Waals surface area contributed by atoms with Crippen LogP contribution in [0.5, 0.6) is 28.7 Å². The molecular formula is C25H26N2O8. The minimum Gasteiger partial charge on any atom is -0.493 e. The molecule has 1 atom stereocenters. The summed E-state index contributed by atoms with van der Waals surface area (Å²) < 4.78 is 27.6. The summed E-state index contributed by atoms with van der Waals surface area (Å²) in [6.07, 6.45) is 0.882. The van der Waals surface area contributed by atoms with Crippen LogP contribution in [-0.4, -0.2) is 56.0 Å². The van der Waals surface area contributed by atoms with E-state index in [1.807, 2.05) is 6.92 Å². The lowest BCUT2D eigenvalue weighted by atomic mass is 10.1. The third-order valence-corrected chi connectivity index (χ3v) is 4.72. The Morgan fingerprint density at radius 2 is 1.66 bits per heavy atom. The Morgan fingerprint density at radius 1 is 0.914 bits per heavy atom. The van der Waals surface area contributed by atoms with Crippen LogP contribution in [0.2, 0.25) is 0 Å². The molecule has 0 aliphatic carbocycles. The van der Waals surface area contributed by atoms with E-state index in [4.69, 9.17) is 28.8 Å². The average molecular weight is 482 g/mol. The van der Waals surface area contributed by atoms with E-state index in [0.717, 1.165) is 6.20 Å². The van der Waals surface area contributed by atoms with Crippen LogP contribution in [0.15, 0.2) is 54.7 Å². The van der Waals surface area contributed by atoms with Gasteiger partial charge in [0.05, 0.1) is 26.4 Å². The van der Waals surface area contributed by atoms with Gasteiger partial charge in [0, 0.05) is 31.0 Å². The molecule has 35 heavy (non-hydrogen) atoms. The van der Waals surface area contributed by atoms with Crippen LogP contribution in [0.1, 0.15) is 27.6 Å². The Hall–Kier alpha value is -4.31. The van der Waals surface area contributed by atoms with Crippen LogP contribution in [-0.2, 0) is 4.74 Å². The van der Waals surface area contributed by atoms with Gasteiger partial charge in [0.1, 0.15) is 29.2 Å². The zero-order valence-corrected chi connectivity index (χ0v) is 19.7. The molecule has 2 N–H and O–H groups in total. The molecule has 0 saturated carbocycles. The lowest BCUT2D eigenvalue weighted by Gasteiger charge is -2.16. The molecule has 1 aromatic heterocycles. The quantitative estimate of drug-likeness (QED) is 0.412. The molecule has 1 amide bonds. The van der Waals surface area contributed by atoms with E-state index >= 15 is 0 Å². The molecule has 3 rings (SSSR count). The number of carbonyl (C=O) groups excluding carboxylic acids is 1. The van der Waals surface area contributed by atoms with Crippen molar-refractivity contribution in [2.45, 2.75) is 13.0 Å². The maximum atomic E-state index is 12.9. The van der Waals surface area contributed by atoms with Crippen molar-refractivity contribution in [3.63, 3.8) is 0 Å². The first-order valence-corrected chi connectivity index (χ1v) is 10.5. The number of nitrogens with zero attached hydrogens (tertiary/aromatic N) is 1. The molecule has 1 unspecified atom stereocenters. The summed E-state index contributed by atoms with van der Waals surface area (Å²) in [4.78, 5) is 27.9. The van der Waals surface area contributed by atoms with Crippen LogP contribution in [0.25, 0.3) is 0 Å². The first kappa shape index (κ1) is 25.3. The number of aromatic nitrogens is 1. The normalized spacial score (nSPS) is 11.3. The summed E-state index contributed by atoms with van der Waals surface area (Å²) in [5, 5.41) is 11.7. The van der Waals surface area contributed by atoms with Crippen LogP contribution < -0.4 is 24.3 Å². The minimum atomic E-state index is -1.11. The third-order valence-electron chi connectivity index (χ3n) is 4.72. The summed E-state index contributed by atoms with van der Waals surface area (Å²) in [7, 11) is 4.63. The third kappa shape index (κ3) is 6.84. The second kappa shape index (κ2) is 11.7. The van der Waals surface area contributed by atoms with E-state index in [2.05, 4.69) is 10.3 Å². The number of benzene rings is 2. The SMILES string of the molecule is COCC(C)Oc1cc(Oc2ccc(OC)c(OC)c2)cc(C(=O)Nc2ccc(C(=O)O)cn2)c1. The van der Waals surface area contributed by atoms with Gasteiger partial charge in [0.2, 0.25) is 0 Å². The smallest absolute Gasteiger partial charge is 0.337 e. The Bertz CT molecular complexity index is 1180. The van der Waals surface area contributed by atoms with E-state index in [1.54, 1.807) is 43.5 Å². The fraction of sp³-hybridized carbons (Fsp3) is 0.240. The predicted molar refractivity (Wildman–Crippen MR) is 127 cm³/mol. The number of carbonyl (C=O) groups is 2. The lowest BCUT2D eigenvalue weighted by molar-refractivity contribution is 0.0696. The number of hydrogen-bond acceptors (Lipinski definition) is 8. The van der Waals surface area contributed by atoms with Crippen LogP contribution >= 0.6 is 0 Å². The van der Waals surface area contributed by atoms with Gasteiger partial charge in [-0.15, -0.1) is 0 Å². The van der Waals surface area contributed by atoms with Gasteiger partial charge < -0.3 is 34.1 Å². The number of carboxylic acids is 1. The first-order chi connectivity index (χ1) is 16.8. The van der Waals surface area contributed by atoms with Crippen LogP contribution in [0.4, 0.5) is 5.82 Å². The molecule has 184 valence electrons. The fourth-order valence-electron chi connectivity index (χ4n) is 3.13. The molecule has 2 aromatic carbocycles. The summed E-state index contributed by atoms with van der Waals surface area (Å²) >= 11 is 0. The maximum absolute atomic E-state index is 12.9. The van der Waals surface area contributed by atoms with Crippen molar-refractivity contribution < 1.29 is 38.4 Å². The lowest BCUT2D eigenvalue weighted by Crippen LogP contribution is -2.19. The number of carboxylic acid groups (broad SMARTS) is 1. The Morgan fingerprint density at radius 3 is 2.29 bits per heavy atom. The van der Waals surface area contributed by atoms with Gasteiger partial charge in [0.25, 0.3) is 5.91 Å². The van der Waals surface area contributed by atoms with Gasteiger partial charge in [-0.1, -0.05) is 0 Å². The van der Waals surface area contributed by atoms with Crippen molar-refractivity contribution in [2.75, 3.05) is 33.3 Å². The summed E-state index contributed by atoms with van der Waals surface area (Å²) in [6, 6.07) is 12.6. The summed E-state index contributed by atoms with van der Waals surface area (Å²) in [5.74, 6) is 0.839. The van der Waals surface area contributed by atoms with Gasteiger partial charge in [-0.3, -0.25) is 4.79 Å². The molecule has 0 aliphatic heterocycles. The molecule has 3 aromatic rings. The van der Waals surface area contributed by atoms with E-state index in [1.165, 1.54) is 26.4 Å². The molecule has 0 aliphatic rings. The highest BCUT2D eigenvalue weighted by Crippen LogP contribution is 2.34. The van der Waals surface area contributed by atoms with E-state index < -0.39 is 11.9 Å². The summed E-state index contributed by atoms with van der Waals surface area (Å²) in [6.45, 7) is 2.18. The zero-order chi connectivity index (χ0) is 25.4. The number of ether oxygens (including phenoxy) is 5. The van der Waals surface area contributed by atoms with Crippen molar-refractivity contribution in [3.8, 4) is 28.7 Å². The number of nitrogens with one attached hydrogen (secondary N) is 1. The molecule has 0 saturated heterocycles. The van der Waals surface area contributed by atoms with Crippen molar-refractivity contribution >= 4 is 17.7 Å². The maximum Gasteiger partial charge on any atom is 0.337 e. The zero-order valence-electron chi connectivity index (χ0n) is 19.7. The molecule has 10 heteroatoms. The molecule has 0 bridgehead atoms. The van der Waals surface area contributed by atoms with Gasteiger partial charge >= 0.3 is 5.97 Å². The average Bonchev–Trinajstić information content (AvgIpc) is 2.84. The van der Waals surface area contributed by atoms with Crippen LogP contribution in [0, 0.1) is 0 Å². The second-order valence-electron chi connectivity index (χ2n) is 7.39. The minimum absolute atomic E-state index is 0.0103. The van der Waals surface area contributed by atoms with Gasteiger partial charge in [-0.05, 0) is 43.3 Å². The highest BCUT2D eigenvalue weighted by Gasteiger charge is 2.15. The molecule has 1 heterocycles. The van der Waals surface area contributed by atoms with Gasteiger partial charge in [-0.25, -0.2) is 9.78 Å². The van der Waals surface area contributed by atoms with Gasteiger partial charge in [0.15, 0.2) is 11.5 Å². The first-order valence-electron chi connectivity index (χ1n) is 10.5. The Labute approximate surface area is 202 Å². The van der Waals surface area contributed by atoms with E-state index in [-0.39, 0.29) is 23.0 Å². The van der Waals surface area contributed by atoms with Crippen molar-refractivity contribution in [1.29, 1.82) is 0 Å². The molecule has 0 spiro atoms. The number of hydrogen-bond donors (Lipinski definition) is 2.